The monoisotopic (exact) mass is 650 g/mol. The molecule has 1 unspecified atom stereocenters. The van der Waals surface area contributed by atoms with Gasteiger partial charge in [-0.3, -0.25) is 9.36 Å². The molecule has 0 saturated heterocycles. The highest BCUT2D eigenvalue weighted by atomic mass is 35.5. The first-order valence-corrected chi connectivity index (χ1v) is 13.0. The summed E-state index contributed by atoms with van der Waals surface area (Å²) in [6.45, 7) is -1.76. The lowest BCUT2D eigenvalue weighted by atomic mass is 9.80. The first-order chi connectivity index (χ1) is 20.5. The van der Waals surface area contributed by atoms with E-state index in [-0.39, 0.29) is 22.2 Å². The minimum absolute atomic E-state index is 0.151. The fourth-order valence-corrected chi connectivity index (χ4v) is 4.60. The van der Waals surface area contributed by atoms with Crippen molar-refractivity contribution < 1.29 is 39.9 Å². The van der Waals surface area contributed by atoms with Crippen LogP contribution in [0.2, 0.25) is 5.02 Å². The Morgan fingerprint density at radius 1 is 1.05 bits per heavy atom. The summed E-state index contributed by atoms with van der Waals surface area (Å²) in [6, 6.07) is 4.71. The number of pyridine rings is 1. The van der Waals surface area contributed by atoms with Gasteiger partial charge in [-0.25, -0.2) is 32.9 Å². The Balaban J connectivity index is 1.48. The minimum Gasteiger partial charge on any atom is -0.343 e. The molecule has 4 aromatic rings. The van der Waals surface area contributed by atoms with Crippen LogP contribution in [0.15, 0.2) is 53.7 Å². The van der Waals surface area contributed by atoms with Gasteiger partial charge >= 0.3 is 18.0 Å². The third-order valence-electron chi connectivity index (χ3n) is 6.70. The molecule has 1 aliphatic carbocycles. The molecule has 1 atom stereocenters. The zero-order chi connectivity index (χ0) is 32.0. The summed E-state index contributed by atoms with van der Waals surface area (Å²) in [4.78, 5) is 33.3. The molecular formula is C25H19ClF8N8O2. The van der Waals surface area contributed by atoms with E-state index in [0.717, 1.165) is 29.3 Å². The lowest BCUT2D eigenvalue weighted by molar-refractivity contribution is -0.172. The number of rotatable bonds is 8. The molecule has 1 aromatic carbocycles. The lowest BCUT2D eigenvalue weighted by Crippen LogP contribution is -2.54. The topological polar surface area (TPSA) is 113 Å². The minimum atomic E-state index is -5.10. The van der Waals surface area contributed by atoms with E-state index >= 15 is 0 Å². The van der Waals surface area contributed by atoms with Gasteiger partial charge in [-0.15, -0.1) is 10.2 Å². The van der Waals surface area contributed by atoms with Crippen LogP contribution in [0, 0.1) is 5.92 Å². The summed E-state index contributed by atoms with van der Waals surface area (Å²) in [7, 11) is 0. The van der Waals surface area contributed by atoms with Crippen molar-refractivity contribution in [1.82, 2.24) is 39.4 Å². The largest absolute Gasteiger partial charge is 0.420 e. The Morgan fingerprint density at radius 2 is 1.73 bits per heavy atom. The zero-order valence-corrected chi connectivity index (χ0v) is 22.7. The maximum absolute atomic E-state index is 14.0. The Bertz CT molecular complexity index is 1720. The van der Waals surface area contributed by atoms with Crippen LogP contribution >= 0.6 is 11.6 Å². The first-order valence-electron chi connectivity index (χ1n) is 12.6. The van der Waals surface area contributed by atoms with Gasteiger partial charge in [-0.1, -0.05) is 11.6 Å². The molecule has 1 N–H and O–H groups in total. The average Bonchev–Trinajstić information content (AvgIpc) is 3.51. The van der Waals surface area contributed by atoms with Gasteiger partial charge in [-0.2, -0.15) is 26.3 Å². The number of nitrogens with one attached hydrogen (secondary N) is 1. The molecule has 234 valence electrons. The fourth-order valence-electron chi connectivity index (χ4n) is 4.48. The molecule has 0 radical (unpaired) electrons. The number of hydrogen-bond donors (Lipinski definition) is 1. The molecule has 5 rings (SSSR count). The zero-order valence-electron chi connectivity index (χ0n) is 22.0. The Morgan fingerprint density at radius 3 is 2.34 bits per heavy atom. The predicted molar refractivity (Wildman–Crippen MR) is 136 cm³/mol. The molecule has 1 fully saturated rings. The number of aromatic nitrogens is 7. The van der Waals surface area contributed by atoms with Gasteiger partial charge in [0.15, 0.2) is 17.5 Å². The Hall–Kier alpha value is -4.35. The van der Waals surface area contributed by atoms with E-state index in [2.05, 4.69) is 20.2 Å². The normalized spacial score (nSPS) is 16.0. The number of nitrogens with zero attached hydrogens (tertiary/aromatic N) is 7. The van der Waals surface area contributed by atoms with E-state index < -0.39 is 79.1 Å². The summed E-state index contributed by atoms with van der Waals surface area (Å²) < 4.78 is 111. The van der Waals surface area contributed by atoms with Crippen LogP contribution in [0.25, 0.3) is 17.2 Å². The van der Waals surface area contributed by atoms with E-state index in [1.165, 1.54) is 24.3 Å². The van der Waals surface area contributed by atoms with Crippen LogP contribution in [0.1, 0.15) is 24.2 Å². The van der Waals surface area contributed by atoms with Crippen molar-refractivity contribution in [1.29, 1.82) is 0 Å². The number of alkyl halides is 8. The number of carbonyl (C=O) groups is 1. The van der Waals surface area contributed by atoms with Crippen LogP contribution in [0.3, 0.4) is 0 Å². The van der Waals surface area contributed by atoms with Crippen LogP contribution in [0.4, 0.5) is 35.1 Å². The maximum Gasteiger partial charge on any atom is 0.420 e. The third-order valence-corrected chi connectivity index (χ3v) is 6.95. The van der Waals surface area contributed by atoms with Crippen LogP contribution in [-0.4, -0.2) is 58.1 Å². The van der Waals surface area contributed by atoms with Gasteiger partial charge in [0.2, 0.25) is 11.8 Å². The SMILES string of the molecule is O=C(NC(Cn1c(-c2ccc(Cl)cc2)nn(Cc2ncn(-c3ncccc3C(F)(F)F)n2)c1=O)C(F)(F)F)C1CC(F)(F)C1. The second-order valence-electron chi connectivity index (χ2n) is 9.92. The molecule has 3 aromatic heterocycles. The van der Waals surface area contributed by atoms with Crippen molar-refractivity contribution in [2.45, 2.75) is 50.2 Å². The summed E-state index contributed by atoms with van der Waals surface area (Å²) in [5.41, 5.74) is -2.08. The highest BCUT2D eigenvalue weighted by molar-refractivity contribution is 6.30. The van der Waals surface area contributed by atoms with Gasteiger partial charge < -0.3 is 5.32 Å². The van der Waals surface area contributed by atoms with Gasteiger partial charge in [0.25, 0.3) is 0 Å². The number of amides is 1. The quantitative estimate of drug-likeness (QED) is 0.281. The fraction of sp³-hybridized carbons (Fsp3) is 0.360. The second-order valence-corrected chi connectivity index (χ2v) is 10.4. The van der Waals surface area contributed by atoms with Crippen molar-refractivity contribution >= 4 is 17.5 Å². The van der Waals surface area contributed by atoms with Crippen molar-refractivity contribution in [2.75, 3.05) is 0 Å². The lowest BCUT2D eigenvalue weighted by Gasteiger charge is -2.35. The molecule has 3 heterocycles. The highest BCUT2D eigenvalue weighted by Gasteiger charge is 2.51. The Labute approximate surface area is 246 Å². The first kappa shape index (κ1) is 31.1. The summed E-state index contributed by atoms with van der Waals surface area (Å²) in [5.74, 6) is -6.84. The van der Waals surface area contributed by atoms with Gasteiger partial charge in [0.05, 0.1) is 6.54 Å². The summed E-state index contributed by atoms with van der Waals surface area (Å²) in [6.07, 6.45) is -9.67. The van der Waals surface area contributed by atoms with E-state index in [1.54, 1.807) is 5.32 Å². The van der Waals surface area contributed by atoms with E-state index in [9.17, 15) is 44.7 Å². The van der Waals surface area contributed by atoms with Gasteiger partial charge in [0, 0.05) is 35.5 Å². The third kappa shape index (κ3) is 6.58. The van der Waals surface area contributed by atoms with Crippen molar-refractivity contribution in [2.24, 2.45) is 5.92 Å². The molecule has 0 bridgehead atoms. The van der Waals surface area contributed by atoms with E-state index in [0.29, 0.717) is 9.25 Å². The van der Waals surface area contributed by atoms with Gasteiger partial charge in [-0.05, 0) is 36.4 Å². The summed E-state index contributed by atoms with van der Waals surface area (Å²) in [5, 5.41) is 10.0. The smallest absolute Gasteiger partial charge is 0.343 e. The van der Waals surface area contributed by atoms with Crippen LogP contribution in [0.5, 0.6) is 0 Å². The molecule has 1 saturated carbocycles. The van der Waals surface area contributed by atoms with Crippen molar-refractivity contribution in [3.05, 3.63) is 75.8 Å². The van der Waals surface area contributed by atoms with E-state index in [1.807, 2.05) is 0 Å². The molecule has 19 heteroatoms. The van der Waals surface area contributed by atoms with Crippen molar-refractivity contribution in [3.63, 3.8) is 0 Å². The highest BCUT2D eigenvalue weighted by Crippen LogP contribution is 2.42. The van der Waals surface area contributed by atoms with Crippen LogP contribution < -0.4 is 11.0 Å². The number of halogens is 9. The molecule has 10 nitrogen and oxygen atoms in total. The molecule has 1 aliphatic rings. The Kier molecular flexibility index (Phi) is 7.98. The number of carbonyl (C=O) groups excluding carboxylic acids is 1. The number of benzene rings is 1. The molecule has 0 aliphatic heterocycles. The van der Waals surface area contributed by atoms with Gasteiger partial charge in [0.1, 0.15) is 24.5 Å². The average molecular weight is 651 g/mol. The maximum atomic E-state index is 14.0. The standard InChI is InChI=1S/C25H19ClF8N8O2/c26-15-5-3-13(4-6-15)19-39-41(11-18-36-12-42(38-18)20-16(24(29,30)31)2-1-7-35-20)22(44)40(19)10-17(25(32,33)34)37-21(43)14-8-23(27,28)9-14/h1-7,12,14,17H,8-11H2,(H,37,43). The second kappa shape index (κ2) is 11.3. The molecule has 0 spiro atoms. The molecule has 1 amide bonds. The molecular weight excluding hydrogens is 632 g/mol. The number of hydrogen-bond acceptors (Lipinski definition) is 6. The van der Waals surface area contributed by atoms with E-state index in [4.69, 9.17) is 11.6 Å². The predicted octanol–water partition coefficient (Wildman–Crippen LogP) is 4.50. The summed E-state index contributed by atoms with van der Waals surface area (Å²) >= 11 is 5.91. The van der Waals surface area contributed by atoms with Crippen LogP contribution in [-0.2, 0) is 24.1 Å². The van der Waals surface area contributed by atoms with Crippen molar-refractivity contribution in [3.8, 4) is 17.2 Å². The molecule has 44 heavy (non-hydrogen) atoms.